The van der Waals surface area contributed by atoms with Gasteiger partial charge in [0.2, 0.25) is 5.91 Å². The zero-order valence-corrected chi connectivity index (χ0v) is 14.1. The summed E-state index contributed by atoms with van der Waals surface area (Å²) in [4.78, 5) is 11.8. The van der Waals surface area contributed by atoms with Crippen LogP contribution in [-0.2, 0) is 17.9 Å². The molecule has 2 rings (SSSR count). The largest absolute Gasteiger partial charge is 0.354 e. The van der Waals surface area contributed by atoms with Gasteiger partial charge in [0.25, 0.3) is 12.9 Å². The van der Waals surface area contributed by atoms with Crippen molar-refractivity contribution < 1.29 is 22.4 Å². The van der Waals surface area contributed by atoms with Gasteiger partial charge in [-0.05, 0) is 6.42 Å². The molecule has 0 saturated carbocycles. The lowest BCUT2D eigenvalue weighted by Gasteiger charge is -2.08. The van der Waals surface area contributed by atoms with Crippen molar-refractivity contribution in [3.63, 3.8) is 0 Å². The molecule has 1 N–H and O–H groups in total. The second-order valence-corrected chi connectivity index (χ2v) is 5.78. The van der Waals surface area contributed by atoms with E-state index in [0.717, 1.165) is 0 Å². The Bertz CT molecular complexity index is 734. The third kappa shape index (κ3) is 5.08. The summed E-state index contributed by atoms with van der Waals surface area (Å²) in [6, 6.07) is 0. The van der Waals surface area contributed by atoms with Crippen LogP contribution in [0.4, 0.5) is 17.6 Å². The number of nitrogens with one attached hydrogen (secondary N) is 1. The van der Waals surface area contributed by atoms with Gasteiger partial charge in [-0.1, -0.05) is 23.2 Å². The van der Waals surface area contributed by atoms with Crippen LogP contribution in [0.1, 0.15) is 30.7 Å². The molecule has 0 bridgehead atoms. The van der Waals surface area contributed by atoms with E-state index < -0.39 is 41.7 Å². The highest BCUT2D eigenvalue weighted by Gasteiger charge is 2.28. The zero-order valence-electron chi connectivity index (χ0n) is 12.6. The molecule has 0 atom stereocenters. The fraction of sp³-hybridized carbons (Fsp3) is 0.462. The van der Waals surface area contributed by atoms with Crippen molar-refractivity contribution in [1.82, 2.24) is 24.9 Å². The maximum atomic E-state index is 13.0. The number of aromatic nitrogens is 4. The number of hydrogen-bond acceptors (Lipinski definition) is 3. The Morgan fingerprint density at radius 2 is 1.96 bits per heavy atom. The first-order chi connectivity index (χ1) is 11.8. The van der Waals surface area contributed by atoms with E-state index in [2.05, 4.69) is 15.5 Å². The molecule has 0 spiro atoms. The zero-order chi connectivity index (χ0) is 18.6. The monoisotopic (exact) mass is 401 g/mol. The lowest BCUT2D eigenvalue weighted by Crippen LogP contribution is -2.30. The molecule has 2 aromatic rings. The van der Waals surface area contributed by atoms with E-state index in [0.29, 0.717) is 22.7 Å². The second kappa shape index (κ2) is 8.52. The lowest BCUT2D eigenvalue weighted by molar-refractivity contribution is -0.121. The standard InChI is InChI=1S/C13H13Cl2F4N5O/c14-7-4-21-23(5-7)3-1-2-20-8(25)6-24-11(13(18)19)9(15)10(22-24)12(16)17/h4-5,12-13H,1-3,6H2,(H,20,25). The van der Waals surface area contributed by atoms with Crippen molar-refractivity contribution in [2.45, 2.75) is 32.4 Å². The van der Waals surface area contributed by atoms with Crippen LogP contribution in [0.15, 0.2) is 12.4 Å². The summed E-state index contributed by atoms with van der Waals surface area (Å²) in [5, 5.41) is 9.40. The average Bonchev–Trinajstić information content (AvgIpc) is 3.07. The van der Waals surface area contributed by atoms with Crippen molar-refractivity contribution in [2.75, 3.05) is 6.54 Å². The van der Waals surface area contributed by atoms with Crippen molar-refractivity contribution in [1.29, 1.82) is 0 Å². The molecule has 1 amide bonds. The molecule has 6 nitrogen and oxygen atoms in total. The minimum absolute atomic E-state index is 0.233. The van der Waals surface area contributed by atoms with Gasteiger partial charge in [0.05, 0.1) is 16.2 Å². The van der Waals surface area contributed by atoms with Gasteiger partial charge >= 0.3 is 0 Å². The lowest BCUT2D eigenvalue weighted by atomic mass is 10.3. The number of carbonyl (C=O) groups is 1. The van der Waals surface area contributed by atoms with E-state index in [4.69, 9.17) is 23.2 Å². The molecule has 0 aromatic carbocycles. The molecule has 0 unspecified atom stereocenters. The van der Waals surface area contributed by atoms with Crippen LogP contribution in [0.3, 0.4) is 0 Å². The minimum atomic E-state index is -3.13. The van der Waals surface area contributed by atoms with Crippen LogP contribution >= 0.6 is 23.2 Å². The first-order valence-corrected chi connectivity index (χ1v) is 7.82. The first-order valence-electron chi connectivity index (χ1n) is 7.06. The SMILES string of the molecule is O=C(Cn1nc(C(F)F)c(Cl)c1C(F)F)NCCCn1cc(Cl)cn1. The molecule has 0 saturated heterocycles. The number of aryl methyl sites for hydroxylation is 1. The van der Waals surface area contributed by atoms with E-state index in [-0.39, 0.29) is 6.54 Å². The maximum Gasteiger partial charge on any atom is 0.283 e. The number of halogens is 6. The molecule has 0 aliphatic heterocycles. The fourth-order valence-electron chi connectivity index (χ4n) is 2.06. The van der Waals surface area contributed by atoms with Crippen LogP contribution in [0, 0.1) is 0 Å². The summed E-state index contributed by atoms with van der Waals surface area (Å²) < 4.78 is 53.4. The third-order valence-corrected chi connectivity index (χ3v) is 3.73. The number of hydrogen-bond donors (Lipinski definition) is 1. The van der Waals surface area contributed by atoms with Crippen molar-refractivity contribution >= 4 is 29.1 Å². The fourth-order valence-corrected chi connectivity index (χ4v) is 2.52. The highest BCUT2D eigenvalue weighted by Crippen LogP contribution is 2.34. The predicted molar refractivity (Wildman–Crippen MR) is 82.0 cm³/mol. The molecular formula is C13H13Cl2F4N5O. The summed E-state index contributed by atoms with van der Waals surface area (Å²) in [6.45, 7) is 0.0785. The molecule has 138 valence electrons. The Morgan fingerprint density at radius 3 is 2.52 bits per heavy atom. The van der Waals surface area contributed by atoms with E-state index in [1.54, 1.807) is 10.9 Å². The van der Waals surface area contributed by atoms with E-state index in [1.165, 1.54) is 6.20 Å². The van der Waals surface area contributed by atoms with Crippen LogP contribution in [0.2, 0.25) is 10.0 Å². The summed E-state index contributed by atoms with van der Waals surface area (Å²) in [5.74, 6) is -0.652. The molecule has 12 heteroatoms. The number of alkyl halides is 4. The quantitative estimate of drug-likeness (QED) is 0.544. The van der Waals surface area contributed by atoms with Gasteiger partial charge in [0, 0.05) is 19.3 Å². The Labute approximate surface area is 149 Å². The number of rotatable bonds is 8. The van der Waals surface area contributed by atoms with E-state index in [9.17, 15) is 22.4 Å². The van der Waals surface area contributed by atoms with Crippen LogP contribution in [0.25, 0.3) is 0 Å². The Kier molecular flexibility index (Phi) is 6.65. The summed E-state index contributed by atoms with van der Waals surface area (Å²) in [5.41, 5.74) is -1.88. The van der Waals surface area contributed by atoms with E-state index >= 15 is 0 Å². The van der Waals surface area contributed by atoms with Crippen LogP contribution < -0.4 is 5.32 Å². The van der Waals surface area contributed by atoms with Crippen molar-refractivity contribution in [3.8, 4) is 0 Å². The van der Waals surface area contributed by atoms with Gasteiger partial charge in [0.15, 0.2) is 0 Å². The van der Waals surface area contributed by atoms with Gasteiger partial charge in [-0.3, -0.25) is 14.2 Å². The third-order valence-electron chi connectivity index (χ3n) is 3.15. The summed E-state index contributed by atoms with van der Waals surface area (Å²) in [7, 11) is 0. The molecule has 2 heterocycles. The highest BCUT2D eigenvalue weighted by molar-refractivity contribution is 6.32. The van der Waals surface area contributed by atoms with Crippen LogP contribution in [-0.4, -0.2) is 32.0 Å². The van der Waals surface area contributed by atoms with Crippen molar-refractivity contribution in [3.05, 3.63) is 33.8 Å². The van der Waals surface area contributed by atoms with Gasteiger partial charge < -0.3 is 5.32 Å². The average molecular weight is 402 g/mol. The Hall–Kier alpha value is -1.81. The topological polar surface area (TPSA) is 64.7 Å². The number of carbonyl (C=O) groups excluding carboxylic acids is 1. The molecule has 2 aromatic heterocycles. The normalized spacial score (nSPS) is 11.5. The Balaban J connectivity index is 1.90. The van der Waals surface area contributed by atoms with Gasteiger partial charge in [0.1, 0.15) is 17.9 Å². The molecular weight excluding hydrogens is 389 g/mol. The summed E-state index contributed by atoms with van der Waals surface area (Å²) >= 11 is 11.2. The van der Waals surface area contributed by atoms with Crippen LogP contribution in [0.5, 0.6) is 0 Å². The van der Waals surface area contributed by atoms with Gasteiger partial charge in [-0.15, -0.1) is 0 Å². The molecule has 0 aliphatic rings. The predicted octanol–water partition coefficient (Wildman–Crippen LogP) is 3.47. The molecule has 0 radical (unpaired) electrons. The first kappa shape index (κ1) is 19.5. The molecule has 25 heavy (non-hydrogen) atoms. The smallest absolute Gasteiger partial charge is 0.283 e. The van der Waals surface area contributed by atoms with Gasteiger partial charge in [-0.25, -0.2) is 17.6 Å². The highest BCUT2D eigenvalue weighted by atomic mass is 35.5. The maximum absolute atomic E-state index is 13.0. The Morgan fingerprint density at radius 1 is 1.24 bits per heavy atom. The molecule has 0 aliphatic carbocycles. The van der Waals surface area contributed by atoms with Gasteiger partial charge in [-0.2, -0.15) is 10.2 Å². The number of nitrogens with zero attached hydrogens (tertiary/aromatic N) is 4. The molecule has 0 fully saturated rings. The minimum Gasteiger partial charge on any atom is -0.354 e. The number of amides is 1. The van der Waals surface area contributed by atoms with Crippen molar-refractivity contribution in [2.24, 2.45) is 0 Å². The summed E-state index contributed by atoms with van der Waals surface area (Å²) in [6.07, 6.45) is -2.67. The van der Waals surface area contributed by atoms with E-state index in [1.807, 2.05) is 0 Å². The second-order valence-electron chi connectivity index (χ2n) is 4.97.